The van der Waals surface area contributed by atoms with Crippen molar-refractivity contribution in [2.24, 2.45) is 0 Å². The third-order valence-corrected chi connectivity index (χ3v) is 4.54. The molecule has 0 radical (unpaired) electrons. The smallest absolute Gasteiger partial charge is 0.121 e. The van der Waals surface area contributed by atoms with Gasteiger partial charge in [-0.2, -0.15) is 0 Å². The van der Waals surface area contributed by atoms with Crippen molar-refractivity contribution in [2.75, 3.05) is 30.3 Å². The number of unbranched alkanes of at least 4 members (excludes halogenated alkanes) is 3. The maximum atomic E-state index is 6.01. The fourth-order valence-electron chi connectivity index (χ4n) is 2.43. The van der Waals surface area contributed by atoms with Crippen LogP contribution in [0, 0.1) is 0 Å². The molecule has 2 N–H and O–H groups in total. The predicted molar refractivity (Wildman–Crippen MR) is 110 cm³/mol. The van der Waals surface area contributed by atoms with Crippen LogP contribution in [0.4, 0.5) is 11.4 Å². The van der Waals surface area contributed by atoms with Crippen LogP contribution in [-0.4, -0.2) is 19.7 Å². The average Bonchev–Trinajstić information content (AvgIpc) is 2.62. The summed E-state index contributed by atoms with van der Waals surface area (Å²) in [5.41, 5.74) is 2.02. The highest BCUT2D eigenvalue weighted by Gasteiger charge is 2.00. The van der Waals surface area contributed by atoms with Gasteiger partial charge in [0, 0.05) is 30.5 Å². The predicted octanol–water partition coefficient (Wildman–Crippen LogP) is 6.48. The van der Waals surface area contributed by atoms with E-state index in [1.165, 1.54) is 19.3 Å². The number of hydrogen-bond acceptors (Lipinski definition) is 3. The molecule has 0 aromatic heterocycles. The lowest BCUT2D eigenvalue weighted by Gasteiger charge is -2.11. The minimum atomic E-state index is 0.559. The van der Waals surface area contributed by atoms with E-state index in [9.17, 15) is 0 Å². The van der Waals surface area contributed by atoms with Crippen LogP contribution in [0.5, 0.6) is 5.75 Å². The van der Waals surface area contributed by atoms with E-state index < -0.39 is 0 Å². The average molecular weight is 381 g/mol. The summed E-state index contributed by atoms with van der Waals surface area (Å²) < 4.78 is 5.81. The minimum Gasteiger partial charge on any atom is -0.494 e. The molecule has 2 aromatic rings. The highest BCUT2D eigenvalue weighted by atomic mass is 35.5. The van der Waals surface area contributed by atoms with Gasteiger partial charge in [-0.3, -0.25) is 0 Å². The Morgan fingerprint density at radius 3 is 2.32 bits per heavy atom. The molecule has 0 atom stereocenters. The summed E-state index contributed by atoms with van der Waals surface area (Å²) in [4.78, 5) is 0. The van der Waals surface area contributed by atoms with E-state index in [4.69, 9.17) is 27.9 Å². The maximum Gasteiger partial charge on any atom is 0.121 e. The van der Waals surface area contributed by atoms with Crippen molar-refractivity contribution < 1.29 is 4.74 Å². The number of ether oxygens (including phenoxy) is 1. The summed E-state index contributed by atoms with van der Waals surface area (Å²) in [5.74, 6) is 0.916. The van der Waals surface area contributed by atoms with Crippen LogP contribution in [0.3, 0.4) is 0 Å². The van der Waals surface area contributed by atoms with E-state index >= 15 is 0 Å². The molecule has 136 valence electrons. The van der Waals surface area contributed by atoms with Gasteiger partial charge < -0.3 is 15.4 Å². The van der Waals surface area contributed by atoms with Crippen molar-refractivity contribution in [1.82, 2.24) is 0 Å². The van der Waals surface area contributed by atoms with Gasteiger partial charge >= 0.3 is 0 Å². The van der Waals surface area contributed by atoms with Gasteiger partial charge in [0.05, 0.1) is 16.7 Å². The zero-order chi connectivity index (χ0) is 17.9. The molecule has 2 aromatic carbocycles. The van der Waals surface area contributed by atoms with Gasteiger partial charge in [0.2, 0.25) is 0 Å². The fourth-order valence-corrected chi connectivity index (χ4v) is 2.73. The Hall–Kier alpha value is -1.58. The van der Waals surface area contributed by atoms with Gasteiger partial charge in [0.1, 0.15) is 5.75 Å². The Bertz CT molecular complexity index is 649. The van der Waals surface area contributed by atoms with Crippen molar-refractivity contribution >= 4 is 34.6 Å². The number of hydrogen-bond donors (Lipinski definition) is 2. The molecule has 0 fully saturated rings. The number of anilines is 2. The second kappa shape index (κ2) is 11.1. The Balaban J connectivity index is 1.69. The van der Waals surface area contributed by atoms with Crippen LogP contribution >= 0.6 is 23.2 Å². The number of nitrogens with one attached hydrogen (secondary N) is 2. The van der Waals surface area contributed by atoms with Crippen LogP contribution in [0.1, 0.15) is 32.6 Å². The summed E-state index contributed by atoms with van der Waals surface area (Å²) >= 11 is 11.9. The van der Waals surface area contributed by atoms with Gasteiger partial charge in [0.15, 0.2) is 0 Å². The summed E-state index contributed by atoms with van der Waals surface area (Å²) in [7, 11) is 0. The molecular weight excluding hydrogens is 355 g/mol. The third kappa shape index (κ3) is 7.45. The molecule has 0 aliphatic rings. The lowest BCUT2D eigenvalue weighted by atomic mass is 10.2. The second-order valence-corrected chi connectivity index (χ2v) is 6.73. The topological polar surface area (TPSA) is 33.3 Å². The van der Waals surface area contributed by atoms with Gasteiger partial charge in [-0.25, -0.2) is 0 Å². The monoisotopic (exact) mass is 380 g/mol. The van der Waals surface area contributed by atoms with Crippen molar-refractivity contribution in [3.05, 3.63) is 52.5 Å². The molecule has 0 saturated carbocycles. The normalized spacial score (nSPS) is 10.5. The van der Waals surface area contributed by atoms with E-state index in [-0.39, 0.29) is 0 Å². The first-order chi connectivity index (χ1) is 12.2. The zero-order valence-electron chi connectivity index (χ0n) is 14.7. The molecule has 0 unspecified atom stereocenters. The molecule has 2 rings (SSSR count). The third-order valence-electron chi connectivity index (χ3n) is 3.80. The summed E-state index contributed by atoms with van der Waals surface area (Å²) in [6, 6.07) is 13.6. The van der Waals surface area contributed by atoms with Crippen molar-refractivity contribution in [3.63, 3.8) is 0 Å². The second-order valence-electron chi connectivity index (χ2n) is 5.92. The largest absolute Gasteiger partial charge is 0.494 e. The Kier molecular flexibility index (Phi) is 8.78. The van der Waals surface area contributed by atoms with Crippen molar-refractivity contribution in [2.45, 2.75) is 32.6 Å². The van der Waals surface area contributed by atoms with Crippen LogP contribution in [-0.2, 0) is 0 Å². The van der Waals surface area contributed by atoms with E-state index in [0.29, 0.717) is 10.0 Å². The number of rotatable bonds is 11. The molecule has 5 heteroatoms. The SMILES string of the molecule is CCCCCCOc1cccc(NCCNc2ccc(Cl)c(Cl)c2)c1. The molecule has 0 bridgehead atoms. The van der Waals surface area contributed by atoms with Crippen LogP contribution < -0.4 is 15.4 Å². The highest BCUT2D eigenvalue weighted by molar-refractivity contribution is 6.42. The quantitative estimate of drug-likeness (QED) is 0.437. The Morgan fingerprint density at radius 1 is 0.840 bits per heavy atom. The number of benzene rings is 2. The zero-order valence-corrected chi connectivity index (χ0v) is 16.2. The molecule has 25 heavy (non-hydrogen) atoms. The molecule has 0 saturated heterocycles. The first-order valence-corrected chi connectivity index (χ1v) is 9.60. The summed E-state index contributed by atoms with van der Waals surface area (Å²) in [6.07, 6.45) is 4.86. The molecule has 0 heterocycles. The molecule has 3 nitrogen and oxygen atoms in total. The van der Waals surface area contributed by atoms with Gasteiger partial charge in [-0.1, -0.05) is 55.5 Å². The summed E-state index contributed by atoms with van der Waals surface area (Å²) in [5, 5.41) is 7.83. The van der Waals surface area contributed by atoms with Gasteiger partial charge in [-0.05, 0) is 36.8 Å². The molecule has 0 amide bonds. The lowest BCUT2D eigenvalue weighted by Crippen LogP contribution is -2.13. The van der Waals surface area contributed by atoms with Crippen molar-refractivity contribution in [1.29, 1.82) is 0 Å². The number of halogens is 2. The van der Waals surface area contributed by atoms with Crippen molar-refractivity contribution in [3.8, 4) is 5.75 Å². The van der Waals surface area contributed by atoms with Crippen LogP contribution in [0.15, 0.2) is 42.5 Å². The first-order valence-electron chi connectivity index (χ1n) is 8.84. The van der Waals surface area contributed by atoms with E-state index in [1.807, 2.05) is 36.4 Å². The van der Waals surface area contributed by atoms with Crippen LogP contribution in [0.2, 0.25) is 10.0 Å². The van der Waals surface area contributed by atoms with E-state index in [1.54, 1.807) is 6.07 Å². The maximum absolute atomic E-state index is 6.01. The first kappa shape index (κ1) is 19.7. The Labute approximate surface area is 160 Å². The Morgan fingerprint density at radius 2 is 1.60 bits per heavy atom. The highest BCUT2D eigenvalue weighted by Crippen LogP contribution is 2.24. The van der Waals surface area contributed by atoms with Crippen LogP contribution in [0.25, 0.3) is 0 Å². The lowest BCUT2D eigenvalue weighted by molar-refractivity contribution is 0.305. The van der Waals surface area contributed by atoms with E-state index in [0.717, 1.165) is 43.2 Å². The fraction of sp³-hybridized carbons (Fsp3) is 0.400. The van der Waals surface area contributed by atoms with Gasteiger partial charge in [-0.15, -0.1) is 0 Å². The molecule has 0 aliphatic carbocycles. The summed E-state index contributed by atoms with van der Waals surface area (Å²) in [6.45, 7) is 4.56. The molecule has 0 spiro atoms. The van der Waals surface area contributed by atoms with E-state index in [2.05, 4.69) is 17.6 Å². The molecular formula is C20H26Cl2N2O. The minimum absolute atomic E-state index is 0.559. The van der Waals surface area contributed by atoms with Gasteiger partial charge in [0.25, 0.3) is 0 Å². The standard InChI is InChI=1S/C20H26Cl2N2O/c1-2-3-4-5-13-25-18-8-6-7-16(14-18)23-11-12-24-17-9-10-19(21)20(22)15-17/h6-10,14-15,23-24H,2-5,11-13H2,1H3. The molecule has 0 aliphatic heterocycles.